The Balaban J connectivity index is 2.10. The van der Waals surface area contributed by atoms with Crippen LogP contribution in [0.25, 0.3) is 0 Å². The van der Waals surface area contributed by atoms with E-state index in [1.807, 2.05) is 38.1 Å². The predicted octanol–water partition coefficient (Wildman–Crippen LogP) is 3.68. The number of benzene rings is 1. The first-order chi connectivity index (χ1) is 10.6. The van der Waals surface area contributed by atoms with Crippen molar-refractivity contribution in [3.63, 3.8) is 0 Å². The Labute approximate surface area is 134 Å². The second kappa shape index (κ2) is 7.10. The lowest BCUT2D eigenvalue weighted by atomic mass is 10.1. The molecule has 0 spiro atoms. The van der Waals surface area contributed by atoms with Crippen LogP contribution in [0, 0.1) is 18.3 Å². The SMILES string of the molecule is CCc1c(C)sc(NC(=O)Cc2ccc(OC)cc2)c1C#N. The molecule has 4 nitrogen and oxygen atoms in total. The highest BCUT2D eigenvalue weighted by molar-refractivity contribution is 7.16. The van der Waals surface area contributed by atoms with Crippen LogP contribution in [0.4, 0.5) is 5.00 Å². The van der Waals surface area contributed by atoms with Gasteiger partial charge < -0.3 is 10.1 Å². The molecule has 1 aromatic heterocycles. The van der Waals surface area contributed by atoms with Crippen molar-refractivity contribution in [1.29, 1.82) is 5.26 Å². The second-order valence-electron chi connectivity index (χ2n) is 4.88. The van der Waals surface area contributed by atoms with Crippen LogP contribution in [-0.2, 0) is 17.6 Å². The van der Waals surface area contributed by atoms with Crippen molar-refractivity contribution in [3.8, 4) is 11.8 Å². The van der Waals surface area contributed by atoms with Crippen LogP contribution in [0.2, 0.25) is 0 Å². The zero-order valence-electron chi connectivity index (χ0n) is 12.9. The van der Waals surface area contributed by atoms with Gasteiger partial charge in [0.05, 0.1) is 19.1 Å². The normalized spacial score (nSPS) is 10.1. The van der Waals surface area contributed by atoms with Crippen molar-refractivity contribution in [2.75, 3.05) is 12.4 Å². The van der Waals surface area contributed by atoms with Crippen LogP contribution < -0.4 is 10.1 Å². The van der Waals surface area contributed by atoms with Gasteiger partial charge in [0, 0.05) is 4.88 Å². The highest BCUT2D eigenvalue weighted by Gasteiger charge is 2.16. The molecular weight excluding hydrogens is 296 g/mol. The van der Waals surface area contributed by atoms with Gasteiger partial charge in [0.1, 0.15) is 16.8 Å². The summed E-state index contributed by atoms with van der Waals surface area (Å²) in [6.07, 6.45) is 1.06. The first-order valence-corrected chi connectivity index (χ1v) is 7.85. The number of aryl methyl sites for hydroxylation is 1. The summed E-state index contributed by atoms with van der Waals surface area (Å²) in [4.78, 5) is 13.3. The lowest BCUT2D eigenvalue weighted by Gasteiger charge is -2.05. The number of carbonyl (C=O) groups is 1. The standard InChI is InChI=1S/C17H18N2O2S/c1-4-14-11(2)22-17(15(14)10-18)19-16(20)9-12-5-7-13(21-3)8-6-12/h5-8H,4,9H2,1-3H3,(H,19,20). The molecule has 2 rings (SSSR count). The van der Waals surface area contributed by atoms with Gasteiger partial charge in [0.15, 0.2) is 0 Å². The maximum atomic E-state index is 12.2. The molecule has 1 aromatic carbocycles. The molecule has 0 saturated carbocycles. The number of hydrogen-bond donors (Lipinski definition) is 1. The Morgan fingerprint density at radius 2 is 2.05 bits per heavy atom. The third kappa shape index (κ3) is 3.46. The van der Waals surface area contributed by atoms with Crippen LogP contribution in [0.1, 0.15) is 28.5 Å². The van der Waals surface area contributed by atoms with Crippen molar-refractivity contribution >= 4 is 22.2 Å². The Bertz CT molecular complexity index is 711. The fourth-order valence-electron chi connectivity index (χ4n) is 2.31. The summed E-state index contributed by atoms with van der Waals surface area (Å²) in [5.41, 5.74) is 2.51. The fraction of sp³-hybridized carbons (Fsp3) is 0.294. The maximum absolute atomic E-state index is 12.2. The van der Waals surface area contributed by atoms with Gasteiger partial charge in [-0.05, 0) is 36.6 Å². The van der Waals surface area contributed by atoms with Crippen molar-refractivity contribution in [2.24, 2.45) is 0 Å². The molecule has 1 amide bonds. The van der Waals surface area contributed by atoms with Gasteiger partial charge in [-0.3, -0.25) is 4.79 Å². The van der Waals surface area contributed by atoms with E-state index < -0.39 is 0 Å². The van der Waals surface area contributed by atoms with Crippen LogP contribution in [0.3, 0.4) is 0 Å². The van der Waals surface area contributed by atoms with E-state index in [0.717, 1.165) is 28.2 Å². The number of anilines is 1. The molecule has 0 unspecified atom stereocenters. The minimum atomic E-state index is -0.120. The molecule has 0 atom stereocenters. The Morgan fingerprint density at radius 3 is 2.59 bits per heavy atom. The van der Waals surface area contributed by atoms with Crippen molar-refractivity contribution in [3.05, 3.63) is 45.8 Å². The molecule has 1 heterocycles. The van der Waals surface area contributed by atoms with Crippen molar-refractivity contribution in [1.82, 2.24) is 0 Å². The van der Waals surface area contributed by atoms with Crippen LogP contribution >= 0.6 is 11.3 Å². The molecule has 0 radical (unpaired) electrons. The van der Waals surface area contributed by atoms with Gasteiger partial charge in [-0.15, -0.1) is 11.3 Å². The predicted molar refractivity (Wildman–Crippen MR) is 88.5 cm³/mol. The van der Waals surface area contributed by atoms with E-state index in [1.54, 1.807) is 7.11 Å². The number of rotatable bonds is 5. The molecule has 5 heteroatoms. The van der Waals surface area contributed by atoms with E-state index >= 15 is 0 Å². The van der Waals surface area contributed by atoms with Gasteiger partial charge in [-0.1, -0.05) is 19.1 Å². The van der Waals surface area contributed by atoms with Crippen LogP contribution in [0.15, 0.2) is 24.3 Å². The largest absolute Gasteiger partial charge is 0.497 e. The molecule has 0 saturated heterocycles. The zero-order valence-corrected chi connectivity index (χ0v) is 13.7. The molecule has 0 aliphatic heterocycles. The summed E-state index contributed by atoms with van der Waals surface area (Å²) in [5, 5.41) is 12.8. The van der Waals surface area contributed by atoms with Crippen molar-refractivity contribution < 1.29 is 9.53 Å². The van der Waals surface area contributed by atoms with Gasteiger partial charge in [0.2, 0.25) is 5.91 Å². The Hall–Kier alpha value is -2.32. The molecule has 0 bridgehead atoms. The molecule has 2 aromatic rings. The molecule has 1 N–H and O–H groups in total. The van der Waals surface area contributed by atoms with E-state index in [2.05, 4.69) is 11.4 Å². The van der Waals surface area contributed by atoms with Gasteiger partial charge in [-0.2, -0.15) is 5.26 Å². The quantitative estimate of drug-likeness (QED) is 0.915. The highest BCUT2D eigenvalue weighted by Crippen LogP contribution is 2.32. The minimum absolute atomic E-state index is 0.120. The zero-order chi connectivity index (χ0) is 16.1. The van der Waals surface area contributed by atoms with E-state index in [-0.39, 0.29) is 12.3 Å². The molecular formula is C17H18N2O2S. The number of nitriles is 1. The number of methoxy groups -OCH3 is 1. The molecule has 114 valence electrons. The molecule has 0 aliphatic carbocycles. The van der Waals surface area contributed by atoms with E-state index in [1.165, 1.54) is 11.3 Å². The van der Waals surface area contributed by atoms with Gasteiger partial charge in [-0.25, -0.2) is 0 Å². The van der Waals surface area contributed by atoms with Crippen LogP contribution in [-0.4, -0.2) is 13.0 Å². The van der Waals surface area contributed by atoms with Gasteiger partial charge >= 0.3 is 0 Å². The van der Waals surface area contributed by atoms with E-state index in [4.69, 9.17) is 4.74 Å². The Kier molecular flexibility index (Phi) is 5.18. The first kappa shape index (κ1) is 16.1. The number of carbonyl (C=O) groups excluding carboxylic acids is 1. The Morgan fingerprint density at radius 1 is 1.36 bits per heavy atom. The first-order valence-electron chi connectivity index (χ1n) is 7.04. The number of ether oxygens (including phenoxy) is 1. The minimum Gasteiger partial charge on any atom is -0.497 e. The summed E-state index contributed by atoms with van der Waals surface area (Å²) in [7, 11) is 1.61. The number of hydrogen-bond acceptors (Lipinski definition) is 4. The number of amides is 1. The number of thiophene rings is 1. The fourth-order valence-corrected chi connectivity index (χ4v) is 3.42. The molecule has 0 aliphatic rings. The van der Waals surface area contributed by atoms with Crippen molar-refractivity contribution in [2.45, 2.75) is 26.7 Å². The third-order valence-corrected chi connectivity index (χ3v) is 4.51. The summed E-state index contributed by atoms with van der Waals surface area (Å²) in [5.74, 6) is 0.642. The summed E-state index contributed by atoms with van der Waals surface area (Å²) < 4.78 is 5.09. The number of nitrogens with one attached hydrogen (secondary N) is 1. The second-order valence-corrected chi connectivity index (χ2v) is 6.10. The lowest BCUT2D eigenvalue weighted by Crippen LogP contribution is -2.14. The molecule has 22 heavy (non-hydrogen) atoms. The maximum Gasteiger partial charge on any atom is 0.229 e. The topological polar surface area (TPSA) is 62.1 Å². The highest BCUT2D eigenvalue weighted by atomic mass is 32.1. The monoisotopic (exact) mass is 314 g/mol. The molecule has 0 fully saturated rings. The van der Waals surface area contributed by atoms with Gasteiger partial charge in [0.25, 0.3) is 0 Å². The smallest absolute Gasteiger partial charge is 0.229 e. The third-order valence-electron chi connectivity index (χ3n) is 3.45. The average molecular weight is 314 g/mol. The average Bonchev–Trinajstić information content (AvgIpc) is 2.82. The number of nitrogens with zero attached hydrogens (tertiary/aromatic N) is 1. The summed E-state index contributed by atoms with van der Waals surface area (Å²) in [6.45, 7) is 3.99. The summed E-state index contributed by atoms with van der Waals surface area (Å²) in [6, 6.07) is 9.58. The lowest BCUT2D eigenvalue weighted by molar-refractivity contribution is -0.115. The van der Waals surface area contributed by atoms with E-state index in [0.29, 0.717) is 10.6 Å². The summed E-state index contributed by atoms with van der Waals surface area (Å²) >= 11 is 1.46. The van der Waals surface area contributed by atoms with Crippen LogP contribution in [0.5, 0.6) is 5.75 Å². The van der Waals surface area contributed by atoms with E-state index in [9.17, 15) is 10.1 Å².